The second-order valence-electron chi connectivity index (χ2n) is 24.4. The number of rotatable bonds is 24. The van der Waals surface area contributed by atoms with Crippen LogP contribution in [0.3, 0.4) is 0 Å². The van der Waals surface area contributed by atoms with Gasteiger partial charge in [0, 0.05) is 38.0 Å². The first-order valence-electron chi connectivity index (χ1n) is 28.4. The van der Waals surface area contributed by atoms with Crippen LogP contribution in [-0.4, -0.2) is 92.4 Å². The molecule has 2 N–H and O–H groups in total. The van der Waals surface area contributed by atoms with E-state index in [1.165, 1.54) is 12.4 Å². The summed E-state index contributed by atoms with van der Waals surface area (Å²) in [6.07, 6.45) is 13.1. The van der Waals surface area contributed by atoms with E-state index >= 15 is 0 Å². The van der Waals surface area contributed by atoms with Crippen LogP contribution in [0.2, 0.25) is 10.3 Å². The molecule has 2 aliphatic rings. The van der Waals surface area contributed by atoms with Crippen molar-refractivity contribution in [3.05, 3.63) is 82.6 Å². The van der Waals surface area contributed by atoms with Crippen LogP contribution in [0.5, 0.6) is 0 Å². The molecule has 2 aromatic carbocycles. The maximum atomic E-state index is 13.2. The average Bonchev–Trinajstić information content (AvgIpc) is 3.36. The Hall–Kier alpha value is -5.74. The Morgan fingerprint density at radius 2 is 0.911 bits per heavy atom. The molecule has 0 saturated heterocycles. The van der Waals surface area contributed by atoms with Gasteiger partial charge in [-0.15, -0.1) is 0 Å². The number of anilines is 6. The molecule has 18 heteroatoms. The van der Waals surface area contributed by atoms with Crippen molar-refractivity contribution in [1.82, 2.24) is 19.9 Å². The molecule has 0 aliphatic heterocycles. The SMILES string of the molecule is CC(C)CN(c1ccc([C@H](C)CC(=O)OC(C)(C)C)cc1Nc1cnc(Cl)cn1)C1CCC(OC(=O)CCCC(=O)OC2CCC(N(CC(C)C)c3ccc([C@H](C)CC(=O)OC(C)(C)C)cc3Nc3cnc(Cl)cn3)CC2)CC1. The van der Waals surface area contributed by atoms with E-state index in [-0.39, 0.29) is 85.7 Å². The highest BCUT2D eigenvalue weighted by molar-refractivity contribution is 6.29. The predicted molar refractivity (Wildman–Crippen MR) is 314 cm³/mol. The fraction of sp³-hybridized carbons (Fsp3) is 0.607. The average molecular weight is 1130 g/mol. The molecule has 79 heavy (non-hydrogen) atoms. The van der Waals surface area contributed by atoms with Gasteiger partial charge >= 0.3 is 23.9 Å². The molecule has 2 saturated carbocycles. The zero-order valence-corrected chi connectivity index (χ0v) is 50.2. The van der Waals surface area contributed by atoms with Gasteiger partial charge in [0.15, 0.2) is 0 Å². The number of hydrogen-bond donors (Lipinski definition) is 2. The zero-order chi connectivity index (χ0) is 57.6. The van der Waals surface area contributed by atoms with Gasteiger partial charge < -0.3 is 39.4 Å². The first-order valence-corrected chi connectivity index (χ1v) is 29.2. The highest BCUT2D eigenvalue weighted by atomic mass is 35.5. The number of hydrogen-bond acceptors (Lipinski definition) is 16. The van der Waals surface area contributed by atoms with Gasteiger partial charge in [0.1, 0.15) is 45.4 Å². The van der Waals surface area contributed by atoms with E-state index in [0.29, 0.717) is 40.2 Å². The number of esters is 4. The fourth-order valence-electron chi connectivity index (χ4n) is 10.4. The van der Waals surface area contributed by atoms with Crippen LogP contribution in [-0.2, 0) is 38.1 Å². The number of carbonyl (C=O) groups excluding carboxylic acids is 4. The summed E-state index contributed by atoms with van der Waals surface area (Å²) in [5, 5.41) is 7.57. The van der Waals surface area contributed by atoms with Crippen LogP contribution >= 0.6 is 23.2 Å². The normalized spacial score (nSPS) is 18.5. The number of nitrogens with zero attached hydrogens (tertiary/aromatic N) is 6. The summed E-state index contributed by atoms with van der Waals surface area (Å²) in [5.74, 6) is 0.501. The number of aromatic nitrogens is 4. The molecular formula is C61H86Cl2N8O8. The highest BCUT2D eigenvalue weighted by Gasteiger charge is 2.33. The van der Waals surface area contributed by atoms with Crippen LogP contribution in [0, 0.1) is 11.8 Å². The topological polar surface area (TPSA) is 187 Å². The molecular weight excluding hydrogens is 1040 g/mol. The third-order valence-electron chi connectivity index (χ3n) is 14.0. The van der Waals surface area contributed by atoms with Crippen molar-refractivity contribution in [3.8, 4) is 0 Å². The van der Waals surface area contributed by atoms with Crippen molar-refractivity contribution >= 4 is 81.5 Å². The summed E-state index contributed by atoms with van der Waals surface area (Å²) in [6, 6.07) is 13.0. The molecule has 2 fully saturated rings. The number of nitrogens with one attached hydrogen (secondary N) is 2. The Kier molecular flexibility index (Phi) is 22.6. The molecule has 16 nitrogen and oxygen atoms in total. The maximum Gasteiger partial charge on any atom is 0.306 e. The first-order chi connectivity index (χ1) is 37.3. The van der Waals surface area contributed by atoms with E-state index in [4.69, 9.17) is 42.1 Å². The lowest BCUT2D eigenvalue weighted by molar-refractivity contribution is -0.156. The third-order valence-corrected chi connectivity index (χ3v) is 14.4. The Morgan fingerprint density at radius 3 is 1.23 bits per heavy atom. The quantitative estimate of drug-likeness (QED) is 0.0498. The van der Waals surface area contributed by atoms with Crippen LogP contribution in [0.25, 0.3) is 0 Å². The molecule has 432 valence electrons. The minimum Gasteiger partial charge on any atom is -0.462 e. The van der Waals surface area contributed by atoms with Gasteiger partial charge in [0.2, 0.25) is 0 Å². The predicted octanol–water partition coefficient (Wildman–Crippen LogP) is 14.2. The lowest BCUT2D eigenvalue weighted by Crippen LogP contribution is -2.42. The van der Waals surface area contributed by atoms with Crippen molar-refractivity contribution in [2.45, 2.75) is 214 Å². The summed E-state index contributed by atoms with van der Waals surface area (Å²) < 4.78 is 23.3. The lowest BCUT2D eigenvalue weighted by Gasteiger charge is -2.40. The van der Waals surface area contributed by atoms with E-state index in [0.717, 1.165) is 98.3 Å². The molecule has 2 atom stereocenters. The molecule has 4 aromatic rings. The Labute approximate surface area is 479 Å². The molecule has 0 radical (unpaired) electrons. The van der Waals surface area contributed by atoms with E-state index in [1.54, 1.807) is 12.4 Å². The van der Waals surface area contributed by atoms with E-state index in [9.17, 15) is 19.2 Å². The molecule has 0 amide bonds. The Morgan fingerprint density at radius 1 is 0.544 bits per heavy atom. The number of carbonyl (C=O) groups is 4. The molecule has 2 heterocycles. The van der Waals surface area contributed by atoms with Crippen LogP contribution < -0.4 is 20.4 Å². The van der Waals surface area contributed by atoms with Gasteiger partial charge in [-0.1, -0.05) is 76.9 Å². The Bertz CT molecular complexity index is 2450. The number of benzene rings is 2. The molecule has 2 aliphatic carbocycles. The van der Waals surface area contributed by atoms with Gasteiger partial charge in [0.05, 0.1) is 60.4 Å². The first kappa shape index (κ1) is 62.5. The van der Waals surface area contributed by atoms with Crippen LogP contribution in [0.1, 0.15) is 190 Å². The van der Waals surface area contributed by atoms with Crippen molar-refractivity contribution < 1.29 is 38.1 Å². The fourth-order valence-corrected chi connectivity index (χ4v) is 10.6. The van der Waals surface area contributed by atoms with Crippen molar-refractivity contribution in [2.24, 2.45) is 11.8 Å². The standard InChI is InChI=1S/C61H86Cl2N8O8/c1-38(2)36-70(50-26-16-42(40(5)28-58(74)78-60(7,8)9)30-48(50)68-54-34-64-52(62)32-66-54)44-18-22-46(23-19-44)76-56(72)14-13-15-57(73)77-47-24-20-45(21-25-47)71(37-39(3)4)51-27-17-43(41(6)29-59(75)79-61(10,11)12)31-49(51)69-55-35-65-53(63)33-67-55/h16-17,26-27,30-35,38-41,44-47H,13-15,18-25,28-29,36-37H2,1-12H3,(H,66,68)(H,67,69)/t40-,41-,44?,45?,46?,47?/m1/s1. The lowest BCUT2D eigenvalue weighted by atomic mass is 9.90. The van der Waals surface area contributed by atoms with Gasteiger partial charge in [-0.3, -0.25) is 19.2 Å². The molecule has 0 unspecified atom stereocenters. The minimum atomic E-state index is -0.570. The van der Waals surface area contributed by atoms with Gasteiger partial charge in [0.25, 0.3) is 0 Å². The van der Waals surface area contributed by atoms with Gasteiger partial charge in [-0.25, -0.2) is 19.9 Å². The van der Waals surface area contributed by atoms with Crippen LogP contribution in [0.4, 0.5) is 34.4 Å². The molecule has 0 bridgehead atoms. The minimum absolute atomic E-state index is 0.100. The zero-order valence-electron chi connectivity index (χ0n) is 48.7. The van der Waals surface area contributed by atoms with Crippen LogP contribution in [0.15, 0.2) is 61.2 Å². The smallest absolute Gasteiger partial charge is 0.306 e. The second kappa shape index (κ2) is 28.6. The largest absolute Gasteiger partial charge is 0.462 e. The van der Waals surface area contributed by atoms with Crippen molar-refractivity contribution in [2.75, 3.05) is 33.5 Å². The van der Waals surface area contributed by atoms with E-state index in [1.807, 2.05) is 55.4 Å². The van der Waals surface area contributed by atoms with Crippen molar-refractivity contribution in [3.63, 3.8) is 0 Å². The summed E-state index contributed by atoms with van der Waals surface area (Å²) in [7, 11) is 0. The second-order valence-corrected chi connectivity index (χ2v) is 25.2. The Balaban J connectivity index is 1.01. The summed E-state index contributed by atoms with van der Waals surface area (Å²) in [6.45, 7) is 25.7. The third kappa shape index (κ3) is 20.4. The maximum absolute atomic E-state index is 13.2. The molecule has 6 rings (SSSR count). The molecule has 2 aromatic heterocycles. The summed E-state index contributed by atoms with van der Waals surface area (Å²) in [4.78, 5) is 74.4. The van der Waals surface area contributed by atoms with E-state index in [2.05, 4.69) is 104 Å². The summed E-state index contributed by atoms with van der Waals surface area (Å²) in [5.41, 5.74) is 4.53. The molecule has 0 spiro atoms. The highest BCUT2D eigenvalue weighted by Crippen LogP contribution is 2.40. The monoisotopic (exact) mass is 1130 g/mol. The van der Waals surface area contributed by atoms with Gasteiger partial charge in [-0.2, -0.15) is 0 Å². The number of ether oxygens (including phenoxy) is 4. The van der Waals surface area contributed by atoms with Gasteiger partial charge in [-0.05, 0) is 158 Å². The van der Waals surface area contributed by atoms with Crippen molar-refractivity contribution in [1.29, 1.82) is 0 Å². The number of halogens is 2. The summed E-state index contributed by atoms with van der Waals surface area (Å²) >= 11 is 12.2. The van der Waals surface area contributed by atoms with E-state index < -0.39 is 11.2 Å².